The monoisotopic (exact) mass is 272 g/mol. The first-order valence-electron chi connectivity index (χ1n) is 7.79. The maximum Gasteiger partial charge on any atom is 0.167 e. The van der Waals surface area contributed by atoms with Gasteiger partial charge in [0.1, 0.15) is 0 Å². The molecule has 0 saturated heterocycles. The molecule has 0 aliphatic heterocycles. The highest BCUT2D eigenvalue weighted by atomic mass is 16.1. The molecular weight excluding hydrogens is 244 g/mol. The second-order valence-electron chi connectivity index (χ2n) is 7.30. The van der Waals surface area contributed by atoms with Gasteiger partial charge in [-0.2, -0.15) is 0 Å². The van der Waals surface area contributed by atoms with Crippen LogP contribution in [0.2, 0.25) is 0 Å². The summed E-state index contributed by atoms with van der Waals surface area (Å²) in [4.78, 5) is 13.1. The van der Waals surface area contributed by atoms with Crippen molar-refractivity contribution in [1.82, 2.24) is 0 Å². The van der Waals surface area contributed by atoms with Crippen molar-refractivity contribution >= 4 is 5.78 Å². The molecule has 1 saturated carbocycles. The Morgan fingerprint density at radius 1 is 0.900 bits per heavy atom. The van der Waals surface area contributed by atoms with Gasteiger partial charge in [-0.05, 0) is 80.7 Å². The number of Topliss-reactive ketones (excluding diaryl/α,β-unsaturated/α-hetero) is 1. The Kier molecular flexibility index (Phi) is 3.83. The fraction of sp³-hybridized carbons (Fsp3) is 0.632. The highest BCUT2D eigenvalue weighted by Crippen LogP contribution is 2.45. The Morgan fingerprint density at radius 3 is 1.75 bits per heavy atom. The summed E-state index contributed by atoms with van der Waals surface area (Å²) >= 11 is 0. The van der Waals surface area contributed by atoms with Gasteiger partial charge >= 0.3 is 0 Å². The standard InChI is InChI=1S/C19H28O/c1-11-12(2)14(4)17(15(5)13(11)3)18(20)16-9-8-10-19(16,6)7/h16H,8-10H2,1-7H3. The molecule has 1 aromatic rings. The van der Waals surface area contributed by atoms with Gasteiger partial charge in [0, 0.05) is 11.5 Å². The van der Waals surface area contributed by atoms with Gasteiger partial charge in [-0.3, -0.25) is 4.79 Å². The first kappa shape index (κ1) is 15.3. The SMILES string of the molecule is Cc1c(C)c(C)c(C(=O)C2CCCC2(C)C)c(C)c1C. The number of rotatable bonds is 2. The Hall–Kier alpha value is -1.11. The predicted molar refractivity (Wildman–Crippen MR) is 85.6 cm³/mol. The van der Waals surface area contributed by atoms with Crippen molar-refractivity contribution in [2.24, 2.45) is 11.3 Å². The van der Waals surface area contributed by atoms with E-state index in [4.69, 9.17) is 0 Å². The van der Waals surface area contributed by atoms with Crippen LogP contribution in [0.1, 0.15) is 71.3 Å². The highest BCUT2D eigenvalue weighted by Gasteiger charge is 2.40. The maximum absolute atomic E-state index is 13.1. The van der Waals surface area contributed by atoms with Crippen molar-refractivity contribution in [3.05, 3.63) is 33.4 Å². The van der Waals surface area contributed by atoms with Crippen molar-refractivity contribution in [3.8, 4) is 0 Å². The second kappa shape index (κ2) is 5.02. The van der Waals surface area contributed by atoms with Crippen molar-refractivity contribution < 1.29 is 4.79 Å². The van der Waals surface area contributed by atoms with E-state index in [9.17, 15) is 4.79 Å². The summed E-state index contributed by atoms with van der Waals surface area (Å²) in [6.45, 7) is 15.2. The van der Waals surface area contributed by atoms with E-state index in [-0.39, 0.29) is 11.3 Å². The minimum absolute atomic E-state index is 0.155. The molecule has 20 heavy (non-hydrogen) atoms. The molecule has 2 rings (SSSR count). The highest BCUT2D eigenvalue weighted by molar-refractivity contribution is 6.01. The van der Waals surface area contributed by atoms with Crippen LogP contribution in [0, 0.1) is 46.0 Å². The molecule has 0 amide bonds. The zero-order chi connectivity index (χ0) is 15.2. The smallest absolute Gasteiger partial charge is 0.167 e. The fourth-order valence-electron chi connectivity index (χ4n) is 3.86. The van der Waals surface area contributed by atoms with Crippen LogP contribution in [0.5, 0.6) is 0 Å². The first-order valence-corrected chi connectivity index (χ1v) is 7.79. The van der Waals surface area contributed by atoms with Gasteiger partial charge in [-0.25, -0.2) is 0 Å². The average Bonchev–Trinajstić information content (AvgIpc) is 2.73. The molecule has 0 N–H and O–H groups in total. The van der Waals surface area contributed by atoms with Crippen molar-refractivity contribution in [2.75, 3.05) is 0 Å². The molecule has 0 aromatic heterocycles. The molecule has 0 spiro atoms. The molecule has 110 valence electrons. The van der Waals surface area contributed by atoms with E-state index in [1.54, 1.807) is 0 Å². The predicted octanol–water partition coefficient (Wildman–Crippen LogP) is 5.24. The molecule has 1 aliphatic rings. The summed E-state index contributed by atoms with van der Waals surface area (Å²) in [5, 5.41) is 0. The van der Waals surface area contributed by atoms with E-state index in [2.05, 4.69) is 48.5 Å². The van der Waals surface area contributed by atoms with Crippen LogP contribution in [0.15, 0.2) is 0 Å². The number of ketones is 1. The number of hydrogen-bond donors (Lipinski definition) is 0. The average molecular weight is 272 g/mol. The Morgan fingerprint density at radius 2 is 1.35 bits per heavy atom. The first-order chi connectivity index (χ1) is 9.18. The lowest BCUT2D eigenvalue weighted by Crippen LogP contribution is -2.27. The lowest BCUT2D eigenvalue weighted by atomic mass is 9.75. The molecule has 1 aromatic carbocycles. The third kappa shape index (κ3) is 2.21. The van der Waals surface area contributed by atoms with E-state index in [0.717, 1.165) is 12.0 Å². The molecule has 0 bridgehead atoms. The molecule has 1 atom stereocenters. The van der Waals surface area contributed by atoms with Crippen LogP contribution in [0.4, 0.5) is 0 Å². The largest absolute Gasteiger partial charge is 0.294 e. The van der Waals surface area contributed by atoms with Gasteiger partial charge in [-0.1, -0.05) is 20.3 Å². The summed E-state index contributed by atoms with van der Waals surface area (Å²) in [7, 11) is 0. The topological polar surface area (TPSA) is 17.1 Å². The van der Waals surface area contributed by atoms with Crippen molar-refractivity contribution in [1.29, 1.82) is 0 Å². The normalized spacial score (nSPS) is 21.2. The Bertz CT molecular complexity index is 535. The second-order valence-corrected chi connectivity index (χ2v) is 7.30. The van der Waals surface area contributed by atoms with Gasteiger partial charge in [-0.15, -0.1) is 0 Å². The van der Waals surface area contributed by atoms with Crippen LogP contribution in [-0.4, -0.2) is 5.78 Å². The number of carbonyl (C=O) groups excluding carboxylic acids is 1. The summed E-state index contributed by atoms with van der Waals surface area (Å²) in [5.74, 6) is 0.579. The lowest BCUT2D eigenvalue weighted by molar-refractivity contribution is 0.0837. The van der Waals surface area contributed by atoms with Gasteiger partial charge in [0.15, 0.2) is 5.78 Å². The van der Waals surface area contributed by atoms with E-state index >= 15 is 0 Å². The Labute approximate surface area is 123 Å². The number of benzene rings is 1. The molecule has 1 nitrogen and oxygen atoms in total. The molecule has 1 heteroatoms. The van der Waals surface area contributed by atoms with Crippen LogP contribution >= 0.6 is 0 Å². The van der Waals surface area contributed by atoms with E-state index < -0.39 is 0 Å². The molecule has 1 fully saturated rings. The van der Waals surface area contributed by atoms with Crippen LogP contribution in [0.3, 0.4) is 0 Å². The van der Waals surface area contributed by atoms with E-state index in [1.165, 1.54) is 40.7 Å². The molecular formula is C19H28O. The molecule has 0 heterocycles. The summed E-state index contributed by atoms with van der Waals surface area (Å²) in [5.41, 5.74) is 7.45. The zero-order valence-electron chi connectivity index (χ0n) is 14.1. The van der Waals surface area contributed by atoms with Crippen LogP contribution in [-0.2, 0) is 0 Å². The van der Waals surface area contributed by atoms with Gasteiger partial charge in [0.25, 0.3) is 0 Å². The summed E-state index contributed by atoms with van der Waals surface area (Å²) < 4.78 is 0. The zero-order valence-corrected chi connectivity index (χ0v) is 14.1. The number of carbonyl (C=O) groups is 1. The Balaban J connectivity index is 2.56. The fourth-order valence-corrected chi connectivity index (χ4v) is 3.86. The quantitative estimate of drug-likeness (QED) is 0.673. The van der Waals surface area contributed by atoms with E-state index in [0.29, 0.717) is 5.78 Å². The third-order valence-corrected chi connectivity index (χ3v) is 5.82. The van der Waals surface area contributed by atoms with E-state index in [1.807, 2.05) is 0 Å². The lowest BCUT2D eigenvalue weighted by Gasteiger charge is -2.28. The molecule has 0 radical (unpaired) electrons. The van der Waals surface area contributed by atoms with Crippen LogP contribution < -0.4 is 0 Å². The minimum atomic E-state index is 0.155. The summed E-state index contributed by atoms with van der Waals surface area (Å²) in [6.07, 6.45) is 3.41. The van der Waals surface area contributed by atoms with Gasteiger partial charge < -0.3 is 0 Å². The van der Waals surface area contributed by atoms with Gasteiger partial charge in [0.2, 0.25) is 0 Å². The molecule has 1 unspecified atom stereocenters. The third-order valence-electron chi connectivity index (χ3n) is 5.82. The van der Waals surface area contributed by atoms with Crippen LogP contribution in [0.25, 0.3) is 0 Å². The molecule has 1 aliphatic carbocycles. The number of hydrogen-bond acceptors (Lipinski definition) is 1. The minimum Gasteiger partial charge on any atom is -0.294 e. The summed E-state index contributed by atoms with van der Waals surface area (Å²) in [6, 6.07) is 0. The van der Waals surface area contributed by atoms with Crippen molar-refractivity contribution in [2.45, 2.75) is 67.7 Å². The van der Waals surface area contributed by atoms with Gasteiger partial charge in [0.05, 0.1) is 0 Å². The van der Waals surface area contributed by atoms with Crippen molar-refractivity contribution in [3.63, 3.8) is 0 Å². The maximum atomic E-state index is 13.1.